The fourth-order valence-corrected chi connectivity index (χ4v) is 4.07. The molecule has 29 heavy (non-hydrogen) atoms. The van der Waals surface area contributed by atoms with Crippen LogP contribution in [0.25, 0.3) is 0 Å². The Balaban J connectivity index is 2.12. The lowest BCUT2D eigenvalue weighted by Crippen LogP contribution is -2.51. The van der Waals surface area contributed by atoms with Crippen molar-refractivity contribution in [1.29, 1.82) is 0 Å². The molecule has 0 fully saturated rings. The zero-order valence-electron chi connectivity index (χ0n) is 16.4. The van der Waals surface area contributed by atoms with Gasteiger partial charge in [-0.2, -0.15) is 4.72 Å². The second-order valence-electron chi connectivity index (χ2n) is 7.24. The molecule has 0 heterocycles. The number of carbonyl (C=O) groups excluding carboxylic acids is 2. The summed E-state index contributed by atoms with van der Waals surface area (Å²) in [6.45, 7) is 3.76. The summed E-state index contributed by atoms with van der Waals surface area (Å²) < 4.78 is 27.7. The molecule has 0 aliphatic heterocycles. The summed E-state index contributed by atoms with van der Waals surface area (Å²) in [4.78, 5) is 24.3. The average Bonchev–Trinajstić information content (AvgIpc) is 2.68. The minimum absolute atomic E-state index is 0.0519. The molecule has 0 saturated carbocycles. The lowest BCUT2D eigenvalue weighted by molar-refractivity contribution is -0.125. The summed E-state index contributed by atoms with van der Waals surface area (Å²) in [7, 11) is -3.88. The number of phenols is 1. The molecule has 2 rings (SSSR count). The Hall–Kier alpha value is -2.71. The highest BCUT2D eigenvalue weighted by atomic mass is 32.2. The number of hydrogen-bond donors (Lipinski definition) is 3. The van der Waals surface area contributed by atoms with Gasteiger partial charge in [0.25, 0.3) is 0 Å². The van der Waals surface area contributed by atoms with Crippen molar-refractivity contribution in [3.8, 4) is 5.75 Å². The van der Waals surface area contributed by atoms with Crippen molar-refractivity contribution in [2.24, 2.45) is 5.92 Å². The maximum absolute atomic E-state index is 12.8. The first kappa shape index (κ1) is 22.6. The fraction of sp³-hybridized carbons (Fsp3) is 0.333. The highest BCUT2D eigenvalue weighted by Gasteiger charge is 2.28. The van der Waals surface area contributed by atoms with Gasteiger partial charge >= 0.3 is 0 Å². The van der Waals surface area contributed by atoms with Crippen LogP contribution in [0.4, 0.5) is 0 Å². The molecule has 2 unspecified atom stereocenters. The van der Waals surface area contributed by atoms with Crippen molar-refractivity contribution in [3.63, 3.8) is 0 Å². The van der Waals surface area contributed by atoms with Gasteiger partial charge in [0.05, 0.1) is 10.9 Å². The number of aldehydes is 1. The van der Waals surface area contributed by atoms with Crippen molar-refractivity contribution in [3.05, 3.63) is 60.2 Å². The van der Waals surface area contributed by atoms with Crippen molar-refractivity contribution in [2.75, 3.05) is 0 Å². The molecule has 0 aromatic heterocycles. The summed E-state index contributed by atoms with van der Waals surface area (Å²) >= 11 is 0. The van der Waals surface area contributed by atoms with E-state index >= 15 is 0 Å². The first-order chi connectivity index (χ1) is 13.7. The van der Waals surface area contributed by atoms with Gasteiger partial charge in [0, 0.05) is 0 Å². The number of sulfonamides is 1. The van der Waals surface area contributed by atoms with Crippen LogP contribution in [0.5, 0.6) is 5.75 Å². The Morgan fingerprint density at radius 3 is 2.24 bits per heavy atom. The highest BCUT2D eigenvalue weighted by molar-refractivity contribution is 7.89. The Kier molecular flexibility index (Phi) is 7.92. The van der Waals surface area contributed by atoms with Crippen molar-refractivity contribution >= 4 is 22.2 Å². The molecule has 0 spiro atoms. The number of phenolic OH excluding ortho intramolecular Hbond substituents is 1. The lowest BCUT2D eigenvalue weighted by atomic mass is 10.0. The maximum atomic E-state index is 12.8. The monoisotopic (exact) mass is 418 g/mol. The van der Waals surface area contributed by atoms with E-state index in [4.69, 9.17) is 0 Å². The van der Waals surface area contributed by atoms with Crippen LogP contribution in [-0.4, -0.2) is 37.8 Å². The van der Waals surface area contributed by atoms with Crippen LogP contribution in [0.2, 0.25) is 0 Å². The molecule has 3 N–H and O–H groups in total. The zero-order valence-corrected chi connectivity index (χ0v) is 17.2. The molecule has 2 aromatic carbocycles. The quantitative estimate of drug-likeness (QED) is 0.511. The summed E-state index contributed by atoms with van der Waals surface area (Å²) in [5, 5.41) is 12.0. The van der Waals surface area contributed by atoms with Gasteiger partial charge in [0.15, 0.2) is 0 Å². The van der Waals surface area contributed by atoms with Crippen molar-refractivity contribution in [1.82, 2.24) is 10.0 Å². The van der Waals surface area contributed by atoms with E-state index in [1.165, 1.54) is 24.3 Å². The third-order valence-electron chi connectivity index (χ3n) is 4.26. The smallest absolute Gasteiger partial charge is 0.241 e. The number of nitrogens with one attached hydrogen (secondary N) is 2. The molecule has 0 aliphatic carbocycles. The van der Waals surface area contributed by atoms with Crippen LogP contribution < -0.4 is 10.0 Å². The predicted molar refractivity (Wildman–Crippen MR) is 110 cm³/mol. The van der Waals surface area contributed by atoms with Gasteiger partial charge in [-0.15, -0.1) is 0 Å². The Morgan fingerprint density at radius 1 is 1.07 bits per heavy atom. The summed E-state index contributed by atoms with van der Waals surface area (Å²) in [6, 6.07) is 12.3. The summed E-state index contributed by atoms with van der Waals surface area (Å²) in [5.41, 5.74) is 0.755. The van der Waals surface area contributed by atoms with Crippen LogP contribution in [0.3, 0.4) is 0 Å². The molecule has 2 atom stereocenters. The van der Waals surface area contributed by atoms with Gasteiger partial charge in [-0.25, -0.2) is 8.42 Å². The van der Waals surface area contributed by atoms with E-state index in [-0.39, 0.29) is 29.4 Å². The van der Waals surface area contributed by atoms with E-state index in [1.807, 2.05) is 13.8 Å². The van der Waals surface area contributed by atoms with Crippen molar-refractivity contribution in [2.45, 2.75) is 43.7 Å². The molecule has 2 aromatic rings. The third kappa shape index (κ3) is 6.99. The minimum Gasteiger partial charge on any atom is -0.508 e. The van der Waals surface area contributed by atoms with E-state index in [1.54, 1.807) is 30.3 Å². The molecular weight excluding hydrogens is 392 g/mol. The molecular formula is C21H26N2O5S. The van der Waals surface area contributed by atoms with E-state index < -0.39 is 28.0 Å². The van der Waals surface area contributed by atoms with E-state index in [9.17, 15) is 23.1 Å². The fourth-order valence-electron chi connectivity index (χ4n) is 2.84. The van der Waals surface area contributed by atoms with Gasteiger partial charge in [0.2, 0.25) is 15.9 Å². The molecule has 7 nitrogen and oxygen atoms in total. The molecule has 0 radical (unpaired) electrons. The number of carbonyl (C=O) groups is 2. The van der Waals surface area contributed by atoms with Crippen LogP contribution in [0.15, 0.2) is 59.5 Å². The standard InChI is InChI=1S/C21H26N2O5S/c1-15(2)12-20(23-29(27,28)19-6-4-3-5-7-19)21(26)22-17(14-24)13-16-8-10-18(25)11-9-16/h3-11,14-15,17,20,23,25H,12-13H2,1-2H3,(H,22,26). The van der Waals surface area contributed by atoms with Crippen LogP contribution in [-0.2, 0) is 26.0 Å². The highest BCUT2D eigenvalue weighted by Crippen LogP contribution is 2.14. The summed E-state index contributed by atoms with van der Waals surface area (Å²) in [5.74, 6) is -0.405. The van der Waals surface area contributed by atoms with E-state index in [2.05, 4.69) is 10.0 Å². The van der Waals surface area contributed by atoms with Crippen LogP contribution in [0, 0.1) is 5.92 Å². The maximum Gasteiger partial charge on any atom is 0.241 e. The molecule has 0 bridgehead atoms. The average molecular weight is 419 g/mol. The first-order valence-electron chi connectivity index (χ1n) is 9.32. The zero-order chi connectivity index (χ0) is 21.4. The van der Waals surface area contributed by atoms with E-state index in [0.29, 0.717) is 6.29 Å². The second-order valence-corrected chi connectivity index (χ2v) is 8.95. The summed E-state index contributed by atoms with van der Waals surface area (Å²) in [6.07, 6.45) is 1.13. The largest absolute Gasteiger partial charge is 0.508 e. The molecule has 1 amide bonds. The van der Waals surface area contributed by atoms with Gasteiger partial charge in [-0.1, -0.05) is 44.2 Å². The molecule has 156 valence electrons. The second kappa shape index (κ2) is 10.2. The molecule has 0 saturated heterocycles. The normalized spacial score (nSPS) is 13.6. The minimum atomic E-state index is -3.88. The lowest BCUT2D eigenvalue weighted by Gasteiger charge is -2.22. The topological polar surface area (TPSA) is 113 Å². The number of amides is 1. The first-order valence-corrected chi connectivity index (χ1v) is 10.8. The van der Waals surface area contributed by atoms with Gasteiger partial charge in [-0.3, -0.25) is 4.79 Å². The van der Waals surface area contributed by atoms with E-state index in [0.717, 1.165) is 5.56 Å². The number of aromatic hydroxyl groups is 1. The Labute approximate surface area is 171 Å². The molecule has 8 heteroatoms. The Morgan fingerprint density at radius 2 is 1.69 bits per heavy atom. The number of rotatable bonds is 10. The van der Waals surface area contributed by atoms with Crippen molar-refractivity contribution < 1.29 is 23.1 Å². The Bertz CT molecular complexity index is 912. The van der Waals surface area contributed by atoms with Gasteiger partial charge in [0.1, 0.15) is 18.1 Å². The molecule has 0 aliphatic rings. The van der Waals surface area contributed by atoms with Crippen LogP contribution in [0.1, 0.15) is 25.8 Å². The predicted octanol–water partition coefficient (Wildman–Crippen LogP) is 2.01. The van der Waals surface area contributed by atoms with Gasteiger partial charge in [-0.05, 0) is 48.6 Å². The SMILES string of the molecule is CC(C)CC(NS(=O)(=O)c1ccccc1)C(=O)NC(C=O)Cc1ccc(O)cc1. The van der Waals surface area contributed by atoms with Crippen LogP contribution >= 0.6 is 0 Å². The number of hydrogen-bond acceptors (Lipinski definition) is 5. The third-order valence-corrected chi connectivity index (χ3v) is 5.75. The number of benzene rings is 2. The van der Waals surface area contributed by atoms with Gasteiger partial charge < -0.3 is 15.2 Å².